The molecule has 0 atom stereocenters. The fraction of sp³-hybridized carbons (Fsp3) is 0.158. The minimum absolute atomic E-state index is 0.0697. The molecule has 0 unspecified atom stereocenters. The maximum absolute atomic E-state index is 13.3. The van der Waals surface area contributed by atoms with Gasteiger partial charge in [-0.15, -0.1) is 0 Å². The third-order valence-electron chi connectivity index (χ3n) is 3.78. The topological polar surface area (TPSA) is 53.4 Å². The Morgan fingerprint density at radius 1 is 1.16 bits per heavy atom. The van der Waals surface area contributed by atoms with E-state index < -0.39 is 11.8 Å². The molecule has 0 N–H and O–H groups in total. The summed E-state index contributed by atoms with van der Waals surface area (Å²) in [5.41, 5.74) is 2.72. The number of aryl methyl sites for hydroxylation is 1. The highest BCUT2D eigenvalue weighted by atomic mass is 19.1. The van der Waals surface area contributed by atoms with Crippen molar-refractivity contribution in [3.05, 3.63) is 77.4 Å². The number of hydrogen-bond donors (Lipinski definition) is 0. The largest absolute Gasteiger partial charge is 0.496 e. The van der Waals surface area contributed by atoms with Gasteiger partial charge in [-0.3, -0.25) is 0 Å². The molecule has 0 bridgehead atoms. The number of rotatable bonds is 5. The number of methoxy groups -OCH3 is 1. The van der Waals surface area contributed by atoms with Gasteiger partial charge < -0.3 is 9.47 Å². The lowest BCUT2D eigenvalue weighted by Crippen LogP contribution is -2.07. The summed E-state index contributed by atoms with van der Waals surface area (Å²) in [6.45, 7) is 1.88. The fourth-order valence-corrected chi connectivity index (χ4v) is 2.47. The molecule has 0 saturated carbocycles. The van der Waals surface area contributed by atoms with E-state index in [1.54, 1.807) is 35.1 Å². The van der Waals surface area contributed by atoms with Crippen LogP contribution in [0.5, 0.6) is 5.75 Å². The lowest BCUT2D eigenvalue weighted by Gasteiger charge is -2.10. The molecule has 3 aromatic rings. The number of nitrogens with zero attached hydrogens (tertiary/aromatic N) is 2. The van der Waals surface area contributed by atoms with Gasteiger partial charge in [0.15, 0.2) is 0 Å². The molecular formula is C19H17FN2O3. The zero-order valence-electron chi connectivity index (χ0n) is 13.9. The quantitative estimate of drug-likeness (QED) is 0.665. The normalized spacial score (nSPS) is 10.5. The van der Waals surface area contributed by atoms with Crippen molar-refractivity contribution in [1.82, 2.24) is 9.78 Å². The first-order valence-corrected chi connectivity index (χ1v) is 7.69. The number of hydrogen-bond acceptors (Lipinski definition) is 4. The van der Waals surface area contributed by atoms with Crippen molar-refractivity contribution in [2.24, 2.45) is 0 Å². The predicted octanol–water partition coefficient (Wildman–Crippen LogP) is 3.69. The van der Waals surface area contributed by atoms with Gasteiger partial charge in [0, 0.05) is 17.5 Å². The van der Waals surface area contributed by atoms with Gasteiger partial charge in [-0.25, -0.2) is 13.9 Å². The number of carbonyl (C=O) groups excluding carboxylic acids is 1. The minimum atomic E-state index is -0.491. The second-order valence-electron chi connectivity index (χ2n) is 5.46. The van der Waals surface area contributed by atoms with Crippen LogP contribution < -0.4 is 4.74 Å². The Balaban J connectivity index is 1.70. The van der Waals surface area contributed by atoms with Crippen LogP contribution in [-0.2, 0) is 11.3 Å². The summed E-state index contributed by atoms with van der Waals surface area (Å²) in [4.78, 5) is 12.2. The zero-order chi connectivity index (χ0) is 17.8. The first-order valence-electron chi connectivity index (χ1n) is 7.69. The van der Waals surface area contributed by atoms with Crippen molar-refractivity contribution in [1.29, 1.82) is 0 Å². The molecule has 6 heteroatoms. The maximum atomic E-state index is 13.3. The molecule has 0 aliphatic rings. The molecule has 1 aromatic heterocycles. The van der Waals surface area contributed by atoms with Crippen LogP contribution in [0.15, 0.2) is 54.7 Å². The van der Waals surface area contributed by atoms with Gasteiger partial charge in [-0.2, -0.15) is 5.10 Å². The molecule has 0 fully saturated rings. The third-order valence-corrected chi connectivity index (χ3v) is 3.78. The van der Waals surface area contributed by atoms with Crippen molar-refractivity contribution in [3.8, 4) is 11.4 Å². The van der Waals surface area contributed by atoms with E-state index in [1.165, 1.54) is 25.3 Å². The number of carbonyl (C=O) groups is 1. The Labute approximate surface area is 144 Å². The van der Waals surface area contributed by atoms with Crippen LogP contribution in [0.4, 0.5) is 4.39 Å². The molecule has 2 aromatic carbocycles. The molecule has 0 amide bonds. The smallest absolute Gasteiger partial charge is 0.338 e. The summed E-state index contributed by atoms with van der Waals surface area (Å²) in [7, 11) is 1.48. The van der Waals surface area contributed by atoms with E-state index in [9.17, 15) is 9.18 Å². The molecule has 0 radical (unpaired) electrons. The van der Waals surface area contributed by atoms with E-state index in [0.29, 0.717) is 16.9 Å². The molecule has 5 nitrogen and oxygen atoms in total. The summed E-state index contributed by atoms with van der Waals surface area (Å²) in [5.74, 6) is -0.431. The first-order chi connectivity index (χ1) is 12.1. The lowest BCUT2D eigenvalue weighted by molar-refractivity contribution is 0.0469. The predicted molar refractivity (Wildman–Crippen MR) is 90.4 cm³/mol. The van der Waals surface area contributed by atoms with E-state index in [1.807, 2.05) is 13.0 Å². The summed E-state index contributed by atoms with van der Waals surface area (Å²) >= 11 is 0. The minimum Gasteiger partial charge on any atom is -0.496 e. The highest BCUT2D eigenvalue weighted by Crippen LogP contribution is 2.21. The van der Waals surface area contributed by atoms with E-state index in [0.717, 1.165) is 11.4 Å². The van der Waals surface area contributed by atoms with E-state index in [-0.39, 0.29) is 6.61 Å². The monoisotopic (exact) mass is 340 g/mol. The van der Waals surface area contributed by atoms with Crippen LogP contribution in [-0.4, -0.2) is 22.9 Å². The molecule has 1 heterocycles. The van der Waals surface area contributed by atoms with Gasteiger partial charge >= 0.3 is 5.97 Å². The Morgan fingerprint density at radius 2 is 1.92 bits per heavy atom. The van der Waals surface area contributed by atoms with Crippen LogP contribution in [0.1, 0.15) is 21.6 Å². The van der Waals surface area contributed by atoms with Crippen molar-refractivity contribution in [2.45, 2.75) is 13.5 Å². The number of ether oxygens (including phenoxy) is 2. The molecule has 0 saturated heterocycles. The van der Waals surface area contributed by atoms with Crippen LogP contribution in [0.3, 0.4) is 0 Å². The standard InChI is InChI=1S/C19H17FN2O3/c1-13-9-10-21-22(13)17-6-3-14(4-7-17)19(23)25-12-15-11-16(20)5-8-18(15)24-2/h3-11H,12H2,1-2H3. The first kappa shape index (κ1) is 16.7. The van der Waals surface area contributed by atoms with Crippen LogP contribution in [0, 0.1) is 12.7 Å². The van der Waals surface area contributed by atoms with Crippen molar-refractivity contribution < 1.29 is 18.7 Å². The summed E-state index contributed by atoms with van der Waals surface area (Å²) in [5, 5.41) is 4.21. The average molecular weight is 340 g/mol. The molecule has 3 rings (SSSR count). The molecule has 25 heavy (non-hydrogen) atoms. The Bertz CT molecular complexity index is 888. The van der Waals surface area contributed by atoms with Gasteiger partial charge in [0.1, 0.15) is 18.2 Å². The Morgan fingerprint density at radius 3 is 2.56 bits per heavy atom. The molecule has 0 aliphatic carbocycles. The van der Waals surface area contributed by atoms with Gasteiger partial charge in [0.2, 0.25) is 0 Å². The number of benzene rings is 2. The van der Waals surface area contributed by atoms with E-state index in [2.05, 4.69) is 5.10 Å². The van der Waals surface area contributed by atoms with E-state index >= 15 is 0 Å². The number of aromatic nitrogens is 2. The second-order valence-corrected chi connectivity index (χ2v) is 5.46. The van der Waals surface area contributed by atoms with Gasteiger partial charge in [-0.1, -0.05) is 0 Å². The van der Waals surface area contributed by atoms with Crippen molar-refractivity contribution in [3.63, 3.8) is 0 Å². The second kappa shape index (κ2) is 7.17. The van der Waals surface area contributed by atoms with Crippen molar-refractivity contribution in [2.75, 3.05) is 7.11 Å². The van der Waals surface area contributed by atoms with Crippen LogP contribution in [0.2, 0.25) is 0 Å². The lowest BCUT2D eigenvalue weighted by atomic mass is 10.2. The molecule has 128 valence electrons. The number of halogens is 1. The summed E-state index contributed by atoms with van der Waals surface area (Å²) < 4.78 is 25.5. The van der Waals surface area contributed by atoms with Gasteiger partial charge in [-0.05, 0) is 55.5 Å². The highest BCUT2D eigenvalue weighted by Gasteiger charge is 2.11. The summed E-state index contributed by atoms with van der Waals surface area (Å²) in [6, 6.07) is 12.9. The third kappa shape index (κ3) is 3.68. The molecule has 0 aliphatic heterocycles. The van der Waals surface area contributed by atoms with Crippen LogP contribution >= 0.6 is 0 Å². The van der Waals surface area contributed by atoms with Gasteiger partial charge in [0.05, 0.1) is 18.4 Å². The average Bonchev–Trinajstić information content (AvgIpc) is 3.06. The van der Waals surface area contributed by atoms with E-state index in [4.69, 9.17) is 9.47 Å². The zero-order valence-corrected chi connectivity index (χ0v) is 13.9. The fourth-order valence-electron chi connectivity index (χ4n) is 2.47. The van der Waals surface area contributed by atoms with Crippen LogP contribution in [0.25, 0.3) is 5.69 Å². The molecular weight excluding hydrogens is 323 g/mol. The van der Waals surface area contributed by atoms with Gasteiger partial charge in [0.25, 0.3) is 0 Å². The van der Waals surface area contributed by atoms with Crippen molar-refractivity contribution >= 4 is 5.97 Å². The maximum Gasteiger partial charge on any atom is 0.338 e. The summed E-state index contributed by atoms with van der Waals surface area (Å²) in [6.07, 6.45) is 1.71. The highest BCUT2D eigenvalue weighted by molar-refractivity contribution is 5.89. The Kier molecular flexibility index (Phi) is 4.79. The number of esters is 1. The molecule has 0 spiro atoms. The SMILES string of the molecule is COc1ccc(F)cc1COC(=O)c1ccc(-n2nccc2C)cc1. The Hall–Kier alpha value is -3.15.